The van der Waals surface area contributed by atoms with Crippen LogP contribution >= 0.6 is 0 Å². The zero-order valence-corrected chi connectivity index (χ0v) is 52.8. The molecule has 98 heavy (non-hydrogen) atoms. The van der Waals surface area contributed by atoms with Gasteiger partial charge in [-0.3, -0.25) is 0 Å². The molecule has 8 nitrogen and oxygen atoms in total. The molecule has 17 rings (SSSR count). The number of hydrogen-bond acceptors (Lipinski definition) is 5. The highest BCUT2D eigenvalue weighted by atomic mass is 15.0. The average Bonchev–Trinajstić information content (AvgIpc) is 1.54. The molecule has 0 spiro atoms. The van der Waals surface area contributed by atoms with Crippen molar-refractivity contribution in [2.24, 2.45) is 0 Å². The number of hydrogen-bond donors (Lipinski definition) is 0. The van der Waals surface area contributed by atoms with E-state index in [0.717, 1.165) is 138 Å². The number of benzene rings is 14. The summed E-state index contributed by atoms with van der Waals surface area (Å²) in [5.74, 6) is 1.28. The molecule has 0 bridgehead atoms. The van der Waals surface area contributed by atoms with Crippen LogP contribution in [0, 0.1) is 29.2 Å². The predicted octanol–water partition coefficient (Wildman–Crippen LogP) is 23.0. The second-order valence-electron chi connectivity index (χ2n) is 24.4. The van der Waals surface area contributed by atoms with E-state index >= 15 is 0 Å². The maximum absolute atomic E-state index is 10.8. The third-order valence-corrected chi connectivity index (χ3v) is 18.7. The summed E-state index contributed by atoms with van der Waals surface area (Å²) in [5, 5.41) is 25.1. The van der Waals surface area contributed by atoms with Crippen molar-refractivity contribution in [2.75, 3.05) is 0 Å². The molecule has 0 aliphatic rings. The van der Waals surface area contributed by atoms with Gasteiger partial charge in [0.2, 0.25) is 0 Å². The summed E-state index contributed by atoms with van der Waals surface area (Å²) in [6.45, 7) is 8.50. The molecule has 3 aromatic heterocycles. The normalized spacial score (nSPS) is 11.2. The fourth-order valence-corrected chi connectivity index (χ4v) is 14.0. The van der Waals surface area contributed by atoms with Gasteiger partial charge < -0.3 is 9.13 Å². The van der Waals surface area contributed by atoms with Crippen molar-refractivity contribution in [2.45, 2.75) is 0 Å². The largest absolute Gasteiger partial charge is 0.309 e. The maximum atomic E-state index is 10.8. The average molecular weight is 1250 g/mol. The van der Waals surface area contributed by atoms with Gasteiger partial charge in [-0.25, -0.2) is 19.8 Å². The third-order valence-electron chi connectivity index (χ3n) is 18.7. The Labute approximate surface area is 566 Å². The molecule has 0 unspecified atom stereocenters. The molecule has 0 aliphatic heterocycles. The zero-order valence-electron chi connectivity index (χ0n) is 52.8. The number of nitrogens with zero attached hydrogens (tertiary/aromatic N) is 8. The smallest absolute Gasteiger partial charge is 0.194 e. The lowest BCUT2D eigenvalue weighted by Crippen LogP contribution is -2.04. The van der Waals surface area contributed by atoms with Crippen LogP contribution in [-0.4, -0.2) is 24.1 Å². The van der Waals surface area contributed by atoms with Crippen molar-refractivity contribution in [3.63, 3.8) is 0 Å². The molecule has 3 heterocycles. The van der Waals surface area contributed by atoms with E-state index in [1.807, 2.05) is 115 Å². The van der Waals surface area contributed by atoms with E-state index < -0.39 is 0 Å². The van der Waals surface area contributed by atoms with Gasteiger partial charge in [0.25, 0.3) is 0 Å². The lowest BCUT2D eigenvalue weighted by molar-refractivity contribution is 1.07. The van der Waals surface area contributed by atoms with Crippen LogP contribution in [0.3, 0.4) is 0 Å². The Balaban J connectivity index is 0.925. The highest BCUT2D eigenvalue weighted by Gasteiger charge is 2.25. The molecule has 8 heteroatoms. The van der Waals surface area contributed by atoms with Crippen LogP contribution in [0.1, 0.15) is 11.1 Å². The number of para-hydroxylation sites is 1. The molecule has 0 amide bonds. The first-order chi connectivity index (χ1) is 48.4. The van der Waals surface area contributed by atoms with E-state index in [9.17, 15) is 10.5 Å². The Morgan fingerprint density at radius 2 is 0.602 bits per heavy atom. The molecule has 0 saturated heterocycles. The Hall–Kier alpha value is -13.8. The number of aromatic nitrogens is 5. The van der Waals surface area contributed by atoms with Crippen LogP contribution in [-0.2, 0) is 0 Å². The van der Waals surface area contributed by atoms with Crippen molar-refractivity contribution in [1.82, 2.24) is 24.1 Å². The predicted molar refractivity (Wildman–Crippen MR) is 399 cm³/mol. The molecule has 0 fully saturated rings. The summed E-state index contributed by atoms with van der Waals surface area (Å²) in [6.07, 6.45) is 0. The van der Waals surface area contributed by atoms with Gasteiger partial charge in [0.05, 0.1) is 63.3 Å². The van der Waals surface area contributed by atoms with Crippen molar-refractivity contribution >= 4 is 49.3 Å². The van der Waals surface area contributed by atoms with Gasteiger partial charge in [-0.2, -0.15) is 10.5 Å². The molecule has 0 aliphatic carbocycles. The fraction of sp³-hybridized carbons (Fsp3) is 0. The highest BCUT2D eigenvalue weighted by Crippen LogP contribution is 2.45. The van der Waals surface area contributed by atoms with Gasteiger partial charge in [-0.05, 0) is 152 Å². The van der Waals surface area contributed by atoms with E-state index in [4.69, 9.17) is 21.5 Å². The first kappa shape index (κ1) is 58.0. The minimum Gasteiger partial charge on any atom is -0.309 e. The SMILES string of the molecule is [C-]#[N+]c1ccccc1-c1ccc(-c2nc(-c3cccc(-c4cccc(C#N)c4)c3)nc(-c3ccc(-c4ccccc4C#N)c(-n4c5ccc(-c6ccccc6)cc5c5cc(-c6ccccc6)ccc54)c3)n2)cc1-n1c2ccc(-c3ccccc3)cc2c2cc(-c3ccccc3)ccc21. The van der Waals surface area contributed by atoms with E-state index in [2.05, 4.69) is 238 Å². The minimum atomic E-state index is 0.421. The van der Waals surface area contributed by atoms with Gasteiger partial charge in [0, 0.05) is 49.4 Å². The number of rotatable bonds is 12. The second kappa shape index (κ2) is 24.6. The lowest BCUT2D eigenvalue weighted by atomic mass is 9.96. The molecule has 17 aromatic rings. The van der Waals surface area contributed by atoms with Crippen molar-refractivity contribution in [3.8, 4) is 136 Å². The van der Waals surface area contributed by atoms with Crippen LogP contribution in [0.5, 0.6) is 0 Å². The molecular weight excluding hydrogens is 1190 g/mol. The van der Waals surface area contributed by atoms with Crippen molar-refractivity contribution in [1.29, 1.82) is 10.5 Å². The number of fused-ring (bicyclic) bond motifs is 6. The summed E-state index contributed by atoms with van der Waals surface area (Å²) in [7, 11) is 0. The Kier molecular flexibility index (Phi) is 14.5. The first-order valence-electron chi connectivity index (χ1n) is 32.4. The van der Waals surface area contributed by atoms with E-state index in [1.54, 1.807) is 0 Å². The standard InChI is InChI=1S/C90H54N8/c1-93-81-35-17-16-34-74(81)76-43-37-71(55-87(76)98-84-46-40-67(61-25-10-4-11-26-61)52-79(84)80-53-68(41-47-85(80)98)62-27-12-5-13-28-62)90-95-88(69-32-19-31-64(49-69)63-30-18-20-58(48-63)56-91)94-89(96-90)70-36-42-75(73-33-15-14-29-72(73)57-92)86(54-70)97-82-44-38-65(59-21-6-2-7-22-59)50-77(82)78-51-66(39-45-83(78)97)60-23-8-3-9-24-60/h2-55H. The van der Waals surface area contributed by atoms with Crippen LogP contribution in [0.25, 0.3) is 172 Å². The van der Waals surface area contributed by atoms with Gasteiger partial charge >= 0.3 is 0 Å². The first-order valence-corrected chi connectivity index (χ1v) is 32.4. The van der Waals surface area contributed by atoms with Crippen LogP contribution in [0.2, 0.25) is 0 Å². The van der Waals surface area contributed by atoms with Crippen LogP contribution < -0.4 is 0 Å². The Morgan fingerprint density at radius 1 is 0.265 bits per heavy atom. The zero-order chi connectivity index (χ0) is 65.6. The van der Waals surface area contributed by atoms with E-state index in [1.165, 1.54) is 0 Å². The van der Waals surface area contributed by atoms with Crippen LogP contribution in [0.15, 0.2) is 328 Å². The van der Waals surface area contributed by atoms with Crippen molar-refractivity contribution in [3.05, 3.63) is 350 Å². The molecule has 0 atom stereocenters. The molecule has 0 radical (unpaired) electrons. The van der Waals surface area contributed by atoms with Gasteiger partial charge in [-0.1, -0.05) is 243 Å². The highest BCUT2D eigenvalue weighted by molar-refractivity contribution is 6.14. The van der Waals surface area contributed by atoms with Gasteiger partial charge in [-0.15, -0.1) is 0 Å². The Bertz CT molecular complexity index is 5630. The van der Waals surface area contributed by atoms with Crippen LogP contribution in [0.4, 0.5) is 5.69 Å². The molecule has 14 aromatic carbocycles. The Morgan fingerprint density at radius 3 is 1.03 bits per heavy atom. The fourth-order valence-electron chi connectivity index (χ4n) is 14.0. The molecule has 454 valence electrons. The lowest BCUT2D eigenvalue weighted by Gasteiger charge is -2.18. The number of nitriles is 2. The molecule has 0 N–H and O–H groups in total. The van der Waals surface area contributed by atoms with Gasteiger partial charge in [0.15, 0.2) is 23.2 Å². The summed E-state index contributed by atoms with van der Waals surface area (Å²) in [5.41, 5.74) is 23.3. The maximum Gasteiger partial charge on any atom is 0.194 e. The molecular formula is C90H54N8. The quantitative estimate of drug-likeness (QED) is 0.113. The van der Waals surface area contributed by atoms with Gasteiger partial charge in [0.1, 0.15) is 0 Å². The minimum absolute atomic E-state index is 0.421. The summed E-state index contributed by atoms with van der Waals surface area (Å²) in [4.78, 5) is 20.6. The summed E-state index contributed by atoms with van der Waals surface area (Å²) >= 11 is 0. The monoisotopic (exact) mass is 1250 g/mol. The summed E-state index contributed by atoms with van der Waals surface area (Å²) in [6, 6.07) is 117. The molecule has 0 saturated carbocycles. The van der Waals surface area contributed by atoms with E-state index in [-0.39, 0.29) is 0 Å². The third kappa shape index (κ3) is 10.4. The van der Waals surface area contributed by atoms with E-state index in [0.29, 0.717) is 45.4 Å². The second-order valence-corrected chi connectivity index (χ2v) is 24.4. The topological polar surface area (TPSA) is 100 Å². The summed E-state index contributed by atoms with van der Waals surface area (Å²) < 4.78 is 4.66. The van der Waals surface area contributed by atoms with Crippen molar-refractivity contribution < 1.29 is 0 Å².